The van der Waals surface area contributed by atoms with E-state index in [-0.39, 0.29) is 17.9 Å². The maximum absolute atomic E-state index is 13.2. The van der Waals surface area contributed by atoms with Gasteiger partial charge in [-0.25, -0.2) is 4.98 Å². The molecule has 4 fully saturated rings. The molecule has 6 rings (SSSR count). The van der Waals surface area contributed by atoms with Gasteiger partial charge in [-0.3, -0.25) is 9.69 Å². The number of aromatic nitrogens is 1. The number of nitrogens with zero attached hydrogens (tertiary/aromatic N) is 3. The molecule has 1 N–H and O–H groups in total. The van der Waals surface area contributed by atoms with Crippen LogP contribution in [0.2, 0.25) is 0 Å². The minimum Gasteiger partial charge on any atom is -0.508 e. The molecule has 4 aliphatic rings. The molecule has 2 aromatic rings. The molecule has 1 aromatic heterocycles. The lowest BCUT2D eigenvalue weighted by Crippen LogP contribution is -2.60. The fourth-order valence-corrected chi connectivity index (χ4v) is 5.90. The molecule has 1 aromatic carbocycles. The third-order valence-corrected chi connectivity index (χ3v) is 7.17. The highest BCUT2D eigenvalue weighted by atomic mass is 32.1. The zero-order valence-corrected chi connectivity index (χ0v) is 15.7. The number of rotatable bonds is 2. The van der Waals surface area contributed by atoms with E-state index < -0.39 is 0 Å². The molecule has 2 bridgehead atoms. The fourth-order valence-electron chi connectivity index (χ4n) is 5.31. The van der Waals surface area contributed by atoms with Crippen molar-refractivity contribution >= 4 is 17.2 Å². The summed E-state index contributed by atoms with van der Waals surface area (Å²) in [6.45, 7) is 4.90. The normalized spacial score (nSPS) is 32.7. The molecule has 136 valence electrons. The maximum Gasteiger partial charge on any atom is 0.273 e. The molecule has 1 amide bonds. The number of thiazole rings is 1. The topological polar surface area (TPSA) is 56.7 Å². The van der Waals surface area contributed by atoms with Crippen LogP contribution in [0.15, 0.2) is 29.6 Å². The third kappa shape index (κ3) is 2.47. The van der Waals surface area contributed by atoms with E-state index >= 15 is 0 Å². The van der Waals surface area contributed by atoms with Crippen LogP contribution in [0.5, 0.6) is 5.75 Å². The second kappa shape index (κ2) is 6.06. The number of amides is 1. The molecule has 26 heavy (non-hydrogen) atoms. The number of hydrogen-bond donors (Lipinski definition) is 1. The highest BCUT2D eigenvalue weighted by Gasteiger charge is 2.54. The van der Waals surface area contributed by atoms with E-state index in [4.69, 9.17) is 0 Å². The first-order valence-corrected chi connectivity index (χ1v) is 10.3. The number of phenols is 1. The lowest BCUT2D eigenvalue weighted by molar-refractivity contribution is -0.00357. The van der Waals surface area contributed by atoms with Gasteiger partial charge in [-0.2, -0.15) is 0 Å². The van der Waals surface area contributed by atoms with Crippen molar-refractivity contribution < 1.29 is 9.90 Å². The van der Waals surface area contributed by atoms with Gasteiger partial charge in [-0.15, -0.1) is 11.3 Å². The van der Waals surface area contributed by atoms with E-state index in [9.17, 15) is 9.90 Å². The van der Waals surface area contributed by atoms with Crippen molar-refractivity contribution in [1.29, 1.82) is 0 Å². The minimum absolute atomic E-state index is 0.0701. The van der Waals surface area contributed by atoms with Gasteiger partial charge in [0.15, 0.2) is 0 Å². The van der Waals surface area contributed by atoms with Crippen molar-refractivity contribution in [1.82, 2.24) is 14.8 Å². The Labute approximate surface area is 157 Å². The second-order valence-electron chi connectivity index (χ2n) is 7.77. The highest BCUT2D eigenvalue weighted by Crippen LogP contribution is 2.47. The van der Waals surface area contributed by atoms with Crippen molar-refractivity contribution in [3.8, 4) is 5.75 Å². The maximum atomic E-state index is 13.2. The second-order valence-corrected chi connectivity index (χ2v) is 8.83. The molecule has 4 saturated heterocycles. The lowest BCUT2D eigenvalue weighted by Gasteiger charge is -2.51. The van der Waals surface area contributed by atoms with E-state index in [0.29, 0.717) is 29.9 Å². The zero-order chi connectivity index (χ0) is 17.8. The van der Waals surface area contributed by atoms with Gasteiger partial charge in [0.2, 0.25) is 0 Å². The SMILES string of the molecule is Cc1nc(C(=O)N2C[C@H](c3cccc(O)c3)[C@H]3[C@@H]2C2CCN3CC2)cs1. The number of carbonyl (C=O) groups excluding carboxylic acids is 1. The van der Waals surface area contributed by atoms with Crippen LogP contribution in [0.1, 0.15) is 39.8 Å². The largest absolute Gasteiger partial charge is 0.508 e. The quantitative estimate of drug-likeness (QED) is 0.884. The summed E-state index contributed by atoms with van der Waals surface area (Å²) in [5.41, 5.74) is 1.72. The van der Waals surface area contributed by atoms with Crippen LogP contribution in [0.3, 0.4) is 0 Å². The Morgan fingerprint density at radius 1 is 1.27 bits per heavy atom. The molecule has 0 aliphatic carbocycles. The van der Waals surface area contributed by atoms with Gasteiger partial charge in [-0.1, -0.05) is 12.1 Å². The Morgan fingerprint density at radius 2 is 2.08 bits per heavy atom. The van der Waals surface area contributed by atoms with Crippen LogP contribution < -0.4 is 0 Å². The van der Waals surface area contributed by atoms with E-state index in [2.05, 4.69) is 20.9 Å². The first kappa shape index (κ1) is 16.3. The van der Waals surface area contributed by atoms with Crippen LogP contribution in [-0.4, -0.2) is 57.5 Å². The van der Waals surface area contributed by atoms with E-state index in [1.54, 1.807) is 6.07 Å². The summed E-state index contributed by atoms with van der Waals surface area (Å²) < 4.78 is 0. The van der Waals surface area contributed by atoms with Crippen molar-refractivity contribution in [3.05, 3.63) is 45.9 Å². The average Bonchev–Trinajstić information content (AvgIpc) is 3.27. The Kier molecular flexibility index (Phi) is 3.79. The van der Waals surface area contributed by atoms with Gasteiger partial charge in [0, 0.05) is 23.9 Å². The van der Waals surface area contributed by atoms with Crippen LogP contribution in [0.25, 0.3) is 0 Å². The zero-order valence-electron chi connectivity index (χ0n) is 14.8. The summed E-state index contributed by atoms with van der Waals surface area (Å²) in [5, 5.41) is 12.8. The fraction of sp³-hybridized carbons (Fsp3) is 0.500. The van der Waals surface area contributed by atoms with E-state index in [1.807, 2.05) is 24.4 Å². The smallest absolute Gasteiger partial charge is 0.273 e. The monoisotopic (exact) mass is 369 g/mol. The first-order valence-electron chi connectivity index (χ1n) is 9.38. The molecule has 0 spiro atoms. The minimum atomic E-state index is 0.0701. The number of piperidine rings is 3. The van der Waals surface area contributed by atoms with Crippen LogP contribution in [0.4, 0.5) is 0 Å². The van der Waals surface area contributed by atoms with E-state index in [0.717, 1.165) is 23.7 Å². The van der Waals surface area contributed by atoms with Gasteiger partial charge < -0.3 is 10.0 Å². The number of aryl methyl sites for hydroxylation is 1. The summed E-state index contributed by atoms with van der Waals surface area (Å²) >= 11 is 1.53. The van der Waals surface area contributed by atoms with Crippen molar-refractivity contribution in [3.63, 3.8) is 0 Å². The first-order chi connectivity index (χ1) is 12.6. The molecule has 6 heteroatoms. The van der Waals surface area contributed by atoms with Crippen molar-refractivity contribution in [2.24, 2.45) is 5.92 Å². The molecule has 0 unspecified atom stereocenters. The number of phenolic OH excluding ortho intramolecular Hbond substituents is 1. The Bertz CT molecular complexity index is 843. The van der Waals surface area contributed by atoms with Gasteiger partial charge in [-0.05, 0) is 56.5 Å². The summed E-state index contributed by atoms with van der Waals surface area (Å²) in [6.07, 6.45) is 2.35. The van der Waals surface area contributed by atoms with Crippen LogP contribution in [-0.2, 0) is 0 Å². The Morgan fingerprint density at radius 3 is 2.77 bits per heavy atom. The number of likely N-dealkylation sites (tertiary alicyclic amines) is 1. The van der Waals surface area contributed by atoms with E-state index in [1.165, 1.54) is 24.2 Å². The molecule has 0 saturated carbocycles. The Hall–Kier alpha value is -1.92. The third-order valence-electron chi connectivity index (χ3n) is 6.39. The van der Waals surface area contributed by atoms with Crippen molar-refractivity contribution in [2.75, 3.05) is 19.6 Å². The number of carbonyl (C=O) groups is 1. The molecule has 4 aliphatic heterocycles. The summed E-state index contributed by atoms with van der Waals surface area (Å²) in [5.74, 6) is 1.20. The standard InChI is InChI=1S/C20H23N3O2S/c1-12-21-17(11-26-12)20(25)23-10-16(14-3-2-4-15(24)9-14)19-18(23)13-5-7-22(19)8-6-13/h2-4,9,11,13,16,18-19,24H,5-8,10H2,1H3/t16-,18+,19+/m1/s1. The molecule has 3 atom stereocenters. The van der Waals surface area contributed by atoms with Gasteiger partial charge >= 0.3 is 0 Å². The van der Waals surface area contributed by atoms with Crippen LogP contribution >= 0.6 is 11.3 Å². The number of hydrogen-bond acceptors (Lipinski definition) is 5. The average molecular weight is 369 g/mol. The molecule has 5 heterocycles. The highest BCUT2D eigenvalue weighted by molar-refractivity contribution is 7.09. The number of aromatic hydroxyl groups is 1. The molecular formula is C20H23N3O2S. The molecular weight excluding hydrogens is 346 g/mol. The summed E-state index contributed by atoms with van der Waals surface area (Å²) in [7, 11) is 0. The Balaban J connectivity index is 1.53. The molecule has 0 radical (unpaired) electrons. The number of fused-ring (bicyclic) bond motifs is 2. The van der Waals surface area contributed by atoms with Gasteiger partial charge in [0.1, 0.15) is 11.4 Å². The van der Waals surface area contributed by atoms with Crippen molar-refractivity contribution in [2.45, 2.75) is 37.8 Å². The molecule has 5 nitrogen and oxygen atoms in total. The predicted octanol–water partition coefficient (Wildman–Crippen LogP) is 2.86. The summed E-state index contributed by atoms with van der Waals surface area (Å²) in [6, 6.07) is 8.19. The number of benzene rings is 1. The van der Waals surface area contributed by atoms with Gasteiger partial charge in [0.05, 0.1) is 11.0 Å². The van der Waals surface area contributed by atoms with Gasteiger partial charge in [0.25, 0.3) is 5.91 Å². The predicted molar refractivity (Wildman–Crippen MR) is 101 cm³/mol. The lowest BCUT2D eigenvalue weighted by atomic mass is 9.75. The van der Waals surface area contributed by atoms with Crippen LogP contribution in [0, 0.1) is 12.8 Å². The summed E-state index contributed by atoms with van der Waals surface area (Å²) in [4.78, 5) is 22.3.